The normalized spacial score (nSPS) is 16.6. The number of imide groups is 1. The maximum Gasteiger partial charge on any atom is 0.282 e. The van der Waals surface area contributed by atoms with E-state index in [0.717, 1.165) is 31.5 Å². The quantitative estimate of drug-likeness (QED) is 0.755. The summed E-state index contributed by atoms with van der Waals surface area (Å²) in [5, 5.41) is 3.22. The van der Waals surface area contributed by atoms with Gasteiger partial charge in [0.25, 0.3) is 11.8 Å². The Morgan fingerprint density at radius 1 is 1.00 bits per heavy atom. The largest absolute Gasteiger partial charge is 0.366 e. The Morgan fingerprint density at radius 3 is 2.27 bits per heavy atom. The predicted molar refractivity (Wildman–Crippen MR) is 117 cm³/mol. The molecule has 30 heavy (non-hydrogen) atoms. The molecule has 0 bridgehead atoms. The van der Waals surface area contributed by atoms with Gasteiger partial charge in [0.2, 0.25) is 5.91 Å². The van der Waals surface area contributed by atoms with E-state index in [1.807, 2.05) is 11.8 Å². The Hall–Kier alpha value is -3.12. The van der Waals surface area contributed by atoms with Crippen molar-refractivity contribution >= 4 is 46.3 Å². The third-order valence-corrected chi connectivity index (χ3v) is 5.80. The second kappa shape index (κ2) is 7.95. The summed E-state index contributed by atoms with van der Waals surface area (Å²) in [6.07, 6.45) is 1.96. The van der Waals surface area contributed by atoms with E-state index in [4.69, 9.17) is 11.6 Å². The summed E-state index contributed by atoms with van der Waals surface area (Å²) in [5.41, 5.74) is 3.43. The van der Waals surface area contributed by atoms with Crippen LogP contribution < -0.4 is 10.2 Å². The summed E-state index contributed by atoms with van der Waals surface area (Å²) >= 11 is 6.26. The van der Waals surface area contributed by atoms with Crippen LogP contribution in [-0.4, -0.2) is 35.7 Å². The monoisotopic (exact) mass is 423 g/mol. The van der Waals surface area contributed by atoms with Gasteiger partial charge in [0.15, 0.2) is 0 Å². The molecule has 154 valence electrons. The van der Waals surface area contributed by atoms with Crippen molar-refractivity contribution in [3.8, 4) is 0 Å². The van der Waals surface area contributed by atoms with Crippen LogP contribution in [0.25, 0.3) is 5.57 Å². The fourth-order valence-corrected chi connectivity index (χ4v) is 4.07. The first-order valence-corrected chi connectivity index (χ1v) is 10.3. The average Bonchev–Trinajstić information content (AvgIpc) is 3.31. The number of aryl methyl sites for hydroxylation is 1. The van der Waals surface area contributed by atoms with Gasteiger partial charge in [-0.2, -0.15) is 0 Å². The van der Waals surface area contributed by atoms with Crippen LogP contribution in [0.1, 0.15) is 30.9 Å². The number of hydrogen-bond donors (Lipinski definition) is 1. The Morgan fingerprint density at radius 2 is 1.67 bits per heavy atom. The lowest BCUT2D eigenvalue weighted by Gasteiger charge is -2.20. The third kappa shape index (κ3) is 3.59. The smallest absolute Gasteiger partial charge is 0.282 e. The number of rotatable bonds is 4. The molecule has 1 N–H and O–H groups in total. The van der Waals surface area contributed by atoms with Crippen LogP contribution >= 0.6 is 11.6 Å². The van der Waals surface area contributed by atoms with Gasteiger partial charge in [0, 0.05) is 30.7 Å². The van der Waals surface area contributed by atoms with E-state index < -0.39 is 0 Å². The fraction of sp³-hybridized carbons (Fsp3) is 0.261. The molecule has 0 unspecified atom stereocenters. The summed E-state index contributed by atoms with van der Waals surface area (Å²) in [5.74, 6) is -0.869. The summed E-state index contributed by atoms with van der Waals surface area (Å²) in [7, 11) is 0. The Balaban J connectivity index is 1.77. The Kier molecular flexibility index (Phi) is 5.35. The number of hydrogen-bond acceptors (Lipinski definition) is 4. The highest BCUT2D eigenvalue weighted by Gasteiger charge is 2.43. The maximum atomic E-state index is 13.5. The molecule has 1 saturated heterocycles. The molecule has 0 spiro atoms. The minimum absolute atomic E-state index is 0.172. The second-order valence-electron chi connectivity index (χ2n) is 7.56. The van der Waals surface area contributed by atoms with Crippen LogP contribution in [0.2, 0.25) is 5.02 Å². The third-order valence-electron chi connectivity index (χ3n) is 5.39. The predicted octanol–water partition coefficient (Wildman–Crippen LogP) is 3.99. The molecule has 1 fully saturated rings. The molecule has 2 aromatic carbocycles. The average molecular weight is 424 g/mol. The van der Waals surface area contributed by atoms with Crippen molar-refractivity contribution < 1.29 is 14.4 Å². The van der Waals surface area contributed by atoms with E-state index in [9.17, 15) is 14.4 Å². The summed E-state index contributed by atoms with van der Waals surface area (Å²) in [4.78, 5) is 41.3. The zero-order valence-electron chi connectivity index (χ0n) is 16.9. The molecule has 4 rings (SSSR count). The number of carbonyl (C=O) groups excluding carboxylic acids is 3. The van der Waals surface area contributed by atoms with Gasteiger partial charge in [-0.3, -0.25) is 14.4 Å². The van der Waals surface area contributed by atoms with E-state index in [0.29, 0.717) is 33.2 Å². The summed E-state index contributed by atoms with van der Waals surface area (Å²) < 4.78 is 0. The fourth-order valence-electron chi connectivity index (χ4n) is 3.89. The number of halogens is 1. The molecule has 0 aromatic heterocycles. The number of amides is 3. The minimum Gasteiger partial charge on any atom is -0.366 e. The molecule has 3 amide bonds. The van der Waals surface area contributed by atoms with Crippen molar-refractivity contribution in [1.29, 1.82) is 0 Å². The zero-order valence-corrected chi connectivity index (χ0v) is 17.6. The molecule has 2 heterocycles. The number of carbonyl (C=O) groups is 3. The van der Waals surface area contributed by atoms with Gasteiger partial charge in [-0.25, -0.2) is 4.90 Å². The molecule has 2 aliphatic heterocycles. The number of anilines is 2. The van der Waals surface area contributed by atoms with Crippen LogP contribution in [0.15, 0.2) is 48.2 Å². The molecular formula is C23H22ClN3O3. The van der Waals surface area contributed by atoms with Gasteiger partial charge in [-0.1, -0.05) is 29.8 Å². The van der Waals surface area contributed by atoms with E-state index in [1.54, 1.807) is 42.5 Å². The molecule has 2 aromatic rings. The standard InChI is InChI=1S/C23H22ClN3O3/c1-14-5-10-18(13-19(14)24)27-22(29)20(21(23(27)30)26-11-3-4-12-26)16-6-8-17(9-7-16)25-15(2)28/h5-10,13H,3-4,11-12H2,1-2H3,(H,25,28). The molecule has 0 aliphatic carbocycles. The second-order valence-corrected chi connectivity index (χ2v) is 7.96. The van der Waals surface area contributed by atoms with Crippen LogP contribution in [0.3, 0.4) is 0 Å². The number of nitrogens with zero attached hydrogens (tertiary/aromatic N) is 2. The summed E-state index contributed by atoms with van der Waals surface area (Å²) in [6.45, 7) is 4.79. The van der Waals surface area contributed by atoms with Crippen LogP contribution in [0, 0.1) is 6.92 Å². The molecule has 0 atom stereocenters. The van der Waals surface area contributed by atoms with E-state index >= 15 is 0 Å². The van der Waals surface area contributed by atoms with Crippen LogP contribution in [-0.2, 0) is 14.4 Å². The van der Waals surface area contributed by atoms with Crippen LogP contribution in [0.4, 0.5) is 11.4 Å². The first kappa shape index (κ1) is 20.2. The Labute approximate surface area is 180 Å². The SMILES string of the molecule is CC(=O)Nc1ccc(C2=C(N3CCCC3)C(=O)N(c3ccc(C)c(Cl)c3)C2=O)cc1. The van der Waals surface area contributed by atoms with Crippen molar-refractivity contribution in [3.05, 3.63) is 64.3 Å². The van der Waals surface area contributed by atoms with Crippen LogP contribution in [0.5, 0.6) is 0 Å². The number of nitrogens with one attached hydrogen (secondary N) is 1. The molecule has 0 saturated carbocycles. The van der Waals surface area contributed by atoms with E-state index in [1.165, 1.54) is 11.8 Å². The van der Waals surface area contributed by atoms with Crippen molar-refractivity contribution in [2.75, 3.05) is 23.3 Å². The molecule has 2 aliphatic rings. The lowest BCUT2D eigenvalue weighted by Crippen LogP contribution is -2.34. The summed E-state index contributed by atoms with van der Waals surface area (Å²) in [6, 6.07) is 12.2. The topological polar surface area (TPSA) is 69.7 Å². The van der Waals surface area contributed by atoms with Crippen molar-refractivity contribution in [2.24, 2.45) is 0 Å². The van der Waals surface area contributed by atoms with Gasteiger partial charge in [0.05, 0.1) is 11.3 Å². The molecule has 7 heteroatoms. The number of benzene rings is 2. The van der Waals surface area contributed by atoms with Crippen molar-refractivity contribution in [1.82, 2.24) is 4.90 Å². The molecule has 6 nitrogen and oxygen atoms in total. The lowest BCUT2D eigenvalue weighted by atomic mass is 10.0. The maximum absolute atomic E-state index is 13.5. The number of likely N-dealkylation sites (tertiary alicyclic amines) is 1. The highest BCUT2D eigenvalue weighted by Crippen LogP contribution is 2.37. The first-order valence-electron chi connectivity index (χ1n) is 9.89. The van der Waals surface area contributed by atoms with Gasteiger partial charge < -0.3 is 10.2 Å². The molecular weight excluding hydrogens is 402 g/mol. The highest BCUT2D eigenvalue weighted by atomic mass is 35.5. The van der Waals surface area contributed by atoms with E-state index in [-0.39, 0.29) is 17.7 Å². The first-order chi connectivity index (χ1) is 14.4. The highest BCUT2D eigenvalue weighted by molar-refractivity contribution is 6.45. The van der Waals surface area contributed by atoms with Gasteiger partial charge in [-0.05, 0) is 55.2 Å². The van der Waals surface area contributed by atoms with E-state index in [2.05, 4.69) is 5.32 Å². The minimum atomic E-state index is -0.367. The molecule has 0 radical (unpaired) electrons. The Bertz CT molecular complexity index is 1070. The van der Waals surface area contributed by atoms with Gasteiger partial charge in [0.1, 0.15) is 5.70 Å². The lowest BCUT2D eigenvalue weighted by molar-refractivity contribution is -0.120. The van der Waals surface area contributed by atoms with Crippen molar-refractivity contribution in [2.45, 2.75) is 26.7 Å². The zero-order chi connectivity index (χ0) is 21.4. The van der Waals surface area contributed by atoms with Gasteiger partial charge in [-0.15, -0.1) is 0 Å². The van der Waals surface area contributed by atoms with Gasteiger partial charge >= 0.3 is 0 Å². The van der Waals surface area contributed by atoms with Crippen molar-refractivity contribution in [3.63, 3.8) is 0 Å².